The first-order valence-corrected chi connectivity index (χ1v) is 7.08. The van der Waals surface area contributed by atoms with Gasteiger partial charge in [-0.25, -0.2) is 0 Å². The van der Waals surface area contributed by atoms with E-state index in [1.165, 1.54) is 5.56 Å². The summed E-state index contributed by atoms with van der Waals surface area (Å²) in [4.78, 5) is 11.2. The predicted molar refractivity (Wildman–Crippen MR) is 76.4 cm³/mol. The number of hydrogen-bond donors (Lipinski definition) is 1. The molecular formula is C14H20BrNO2. The van der Waals surface area contributed by atoms with Crippen LogP contribution >= 0.6 is 15.9 Å². The molecule has 3 nitrogen and oxygen atoms in total. The van der Waals surface area contributed by atoms with Gasteiger partial charge in [0.15, 0.2) is 0 Å². The lowest BCUT2D eigenvalue weighted by Crippen LogP contribution is -2.21. The van der Waals surface area contributed by atoms with Crippen LogP contribution < -0.4 is 5.32 Å². The highest BCUT2D eigenvalue weighted by Crippen LogP contribution is 2.22. The fraction of sp³-hybridized carbons (Fsp3) is 0.500. The fourth-order valence-electron chi connectivity index (χ4n) is 1.72. The number of ether oxygens (including phenoxy) is 1. The monoisotopic (exact) mass is 313 g/mol. The van der Waals surface area contributed by atoms with E-state index in [0.29, 0.717) is 13.0 Å². The summed E-state index contributed by atoms with van der Waals surface area (Å²) in [5.41, 5.74) is 1.23. The molecule has 0 heterocycles. The molecule has 0 fully saturated rings. The lowest BCUT2D eigenvalue weighted by atomic mass is 10.1. The molecule has 0 aliphatic rings. The van der Waals surface area contributed by atoms with Crippen molar-refractivity contribution in [3.05, 3.63) is 34.3 Å². The molecule has 1 rings (SSSR count). The highest BCUT2D eigenvalue weighted by atomic mass is 79.9. The largest absolute Gasteiger partial charge is 0.466 e. The van der Waals surface area contributed by atoms with Crippen LogP contribution in [0.15, 0.2) is 28.7 Å². The summed E-state index contributed by atoms with van der Waals surface area (Å²) in [6.07, 6.45) is 1.27. The minimum atomic E-state index is -0.118. The van der Waals surface area contributed by atoms with Crippen LogP contribution in [0.4, 0.5) is 0 Å². The second-order valence-electron chi connectivity index (χ2n) is 4.11. The third-order valence-electron chi connectivity index (χ3n) is 2.69. The molecule has 0 saturated carbocycles. The second kappa shape index (κ2) is 8.27. The van der Waals surface area contributed by atoms with E-state index in [9.17, 15) is 4.79 Å². The standard InChI is InChI=1S/C14H20BrNO2/c1-3-18-14(17)9-6-10-16-11(2)12-7-4-5-8-13(12)15/h4-5,7-8,11,16H,3,6,9-10H2,1-2H3. The molecule has 0 bridgehead atoms. The number of esters is 1. The molecule has 0 radical (unpaired) electrons. The minimum absolute atomic E-state index is 0.118. The summed E-state index contributed by atoms with van der Waals surface area (Å²) < 4.78 is 5.99. The SMILES string of the molecule is CCOC(=O)CCCNC(C)c1ccccc1Br. The van der Waals surface area contributed by atoms with E-state index in [2.05, 4.69) is 34.2 Å². The van der Waals surface area contributed by atoms with Crippen LogP contribution in [-0.4, -0.2) is 19.1 Å². The summed E-state index contributed by atoms with van der Waals surface area (Å²) in [6.45, 7) is 5.20. The lowest BCUT2D eigenvalue weighted by Gasteiger charge is -2.15. The fourth-order valence-corrected chi connectivity index (χ4v) is 2.35. The molecule has 100 valence electrons. The van der Waals surface area contributed by atoms with Gasteiger partial charge in [0.05, 0.1) is 6.61 Å². The van der Waals surface area contributed by atoms with Gasteiger partial charge in [0.1, 0.15) is 0 Å². The van der Waals surface area contributed by atoms with Crippen molar-refractivity contribution in [1.82, 2.24) is 5.32 Å². The summed E-state index contributed by atoms with van der Waals surface area (Å²) in [7, 11) is 0. The highest BCUT2D eigenvalue weighted by Gasteiger charge is 2.08. The molecule has 18 heavy (non-hydrogen) atoms. The van der Waals surface area contributed by atoms with Gasteiger partial charge in [0, 0.05) is 16.9 Å². The Bertz CT molecular complexity index is 382. The summed E-state index contributed by atoms with van der Waals surface area (Å²) in [6, 6.07) is 8.42. The first-order chi connectivity index (χ1) is 8.65. The topological polar surface area (TPSA) is 38.3 Å². The van der Waals surface area contributed by atoms with E-state index in [0.717, 1.165) is 17.4 Å². The highest BCUT2D eigenvalue weighted by molar-refractivity contribution is 9.10. The molecule has 0 aliphatic carbocycles. The summed E-state index contributed by atoms with van der Waals surface area (Å²) in [5.74, 6) is -0.118. The quantitative estimate of drug-likeness (QED) is 0.619. The first kappa shape index (κ1) is 15.2. The Morgan fingerprint density at radius 3 is 2.83 bits per heavy atom. The molecule has 0 spiro atoms. The zero-order chi connectivity index (χ0) is 13.4. The number of halogens is 1. The molecule has 4 heteroatoms. The minimum Gasteiger partial charge on any atom is -0.466 e. The zero-order valence-electron chi connectivity index (χ0n) is 10.9. The van der Waals surface area contributed by atoms with Crippen molar-refractivity contribution in [3.63, 3.8) is 0 Å². The van der Waals surface area contributed by atoms with Gasteiger partial charge in [-0.3, -0.25) is 4.79 Å². The van der Waals surface area contributed by atoms with Gasteiger partial charge in [-0.05, 0) is 38.4 Å². The lowest BCUT2D eigenvalue weighted by molar-refractivity contribution is -0.143. The van der Waals surface area contributed by atoms with E-state index in [1.54, 1.807) is 0 Å². The second-order valence-corrected chi connectivity index (χ2v) is 4.96. The third-order valence-corrected chi connectivity index (χ3v) is 3.41. The molecule has 0 amide bonds. The smallest absolute Gasteiger partial charge is 0.305 e. The van der Waals surface area contributed by atoms with E-state index >= 15 is 0 Å². The number of nitrogens with one attached hydrogen (secondary N) is 1. The molecule has 1 atom stereocenters. The van der Waals surface area contributed by atoms with Crippen molar-refractivity contribution in [1.29, 1.82) is 0 Å². The van der Waals surface area contributed by atoms with Crippen molar-refractivity contribution in [2.24, 2.45) is 0 Å². The third kappa shape index (κ3) is 5.19. The molecule has 1 aromatic carbocycles. The van der Waals surface area contributed by atoms with Crippen molar-refractivity contribution in [2.75, 3.05) is 13.2 Å². The van der Waals surface area contributed by atoms with Crippen molar-refractivity contribution >= 4 is 21.9 Å². The Morgan fingerprint density at radius 1 is 1.44 bits per heavy atom. The van der Waals surface area contributed by atoms with E-state index in [-0.39, 0.29) is 12.0 Å². The van der Waals surface area contributed by atoms with Gasteiger partial charge in [0.2, 0.25) is 0 Å². The van der Waals surface area contributed by atoms with Gasteiger partial charge in [-0.2, -0.15) is 0 Å². The average Bonchev–Trinajstić information content (AvgIpc) is 2.35. The van der Waals surface area contributed by atoms with Gasteiger partial charge in [0.25, 0.3) is 0 Å². The molecular weight excluding hydrogens is 294 g/mol. The molecule has 1 unspecified atom stereocenters. The Balaban J connectivity index is 2.28. The van der Waals surface area contributed by atoms with Crippen LogP contribution in [0, 0.1) is 0 Å². The number of benzene rings is 1. The maximum atomic E-state index is 11.2. The predicted octanol–water partition coefficient (Wildman–Crippen LogP) is 3.44. The number of hydrogen-bond acceptors (Lipinski definition) is 3. The van der Waals surface area contributed by atoms with Crippen molar-refractivity contribution in [2.45, 2.75) is 32.7 Å². The first-order valence-electron chi connectivity index (χ1n) is 6.28. The van der Waals surface area contributed by atoms with E-state index in [1.807, 2.05) is 25.1 Å². The molecule has 1 aromatic rings. The van der Waals surface area contributed by atoms with Gasteiger partial charge in [-0.15, -0.1) is 0 Å². The Labute approximate surface area is 117 Å². The van der Waals surface area contributed by atoms with Crippen molar-refractivity contribution in [3.8, 4) is 0 Å². The van der Waals surface area contributed by atoms with Crippen LogP contribution in [0.5, 0.6) is 0 Å². The van der Waals surface area contributed by atoms with Crippen molar-refractivity contribution < 1.29 is 9.53 Å². The Hall–Kier alpha value is -0.870. The van der Waals surface area contributed by atoms with E-state index < -0.39 is 0 Å². The Morgan fingerprint density at radius 2 is 2.17 bits per heavy atom. The van der Waals surface area contributed by atoms with Crippen LogP contribution in [0.1, 0.15) is 38.3 Å². The average molecular weight is 314 g/mol. The number of carbonyl (C=O) groups is 1. The molecule has 1 N–H and O–H groups in total. The van der Waals surface area contributed by atoms with Gasteiger partial charge < -0.3 is 10.1 Å². The van der Waals surface area contributed by atoms with E-state index in [4.69, 9.17) is 4.74 Å². The van der Waals surface area contributed by atoms with Gasteiger partial charge in [-0.1, -0.05) is 34.1 Å². The zero-order valence-corrected chi connectivity index (χ0v) is 12.5. The van der Waals surface area contributed by atoms with Crippen LogP contribution in [0.3, 0.4) is 0 Å². The molecule has 0 aromatic heterocycles. The van der Waals surface area contributed by atoms with Gasteiger partial charge >= 0.3 is 5.97 Å². The number of carbonyl (C=O) groups excluding carboxylic acids is 1. The molecule has 0 saturated heterocycles. The van der Waals surface area contributed by atoms with Crippen LogP contribution in [-0.2, 0) is 9.53 Å². The Kier molecular flexibility index (Phi) is 6.98. The molecule has 0 aliphatic heterocycles. The van der Waals surface area contributed by atoms with Crippen LogP contribution in [0.25, 0.3) is 0 Å². The van der Waals surface area contributed by atoms with Crippen LogP contribution in [0.2, 0.25) is 0 Å². The summed E-state index contributed by atoms with van der Waals surface area (Å²) in [5, 5.41) is 3.40. The maximum Gasteiger partial charge on any atom is 0.305 e. The maximum absolute atomic E-state index is 11.2. The number of rotatable bonds is 7. The normalized spacial score (nSPS) is 12.2. The summed E-state index contributed by atoms with van der Waals surface area (Å²) >= 11 is 3.54.